The van der Waals surface area contributed by atoms with Crippen LogP contribution in [0.4, 0.5) is 0 Å². The fourth-order valence-corrected chi connectivity index (χ4v) is 2.84. The molecule has 0 aromatic rings. The molecule has 1 saturated heterocycles. The predicted molar refractivity (Wildman–Crippen MR) is 80.5 cm³/mol. The molecule has 0 aromatic heterocycles. The molecule has 0 amide bonds. The molecule has 1 aliphatic rings. The van der Waals surface area contributed by atoms with Crippen LogP contribution in [0.1, 0.15) is 59.8 Å². The average molecular weight is 269 g/mol. The summed E-state index contributed by atoms with van der Waals surface area (Å²) >= 11 is 0. The first-order chi connectivity index (χ1) is 8.86. The van der Waals surface area contributed by atoms with Gasteiger partial charge < -0.3 is 15.8 Å². The summed E-state index contributed by atoms with van der Waals surface area (Å²) in [7, 11) is 0. The molecule has 112 valence electrons. The zero-order chi connectivity index (χ0) is 14.5. The Kier molecular flexibility index (Phi) is 6.11. The fourth-order valence-electron chi connectivity index (χ4n) is 2.84. The van der Waals surface area contributed by atoms with E-state index in [9.17, 15) is 0 Å². The first kappa shape index (κ1) is 16.3. The Morgan fingerprint density at radius 2 is 2.00 bits per heavy atom. The minimum Gasteiger partial charge on any atom is -0.409 e. The number of hydrogen-bond donors (Lipinski definition) is 2. The standard InChI is InChI=1S/C15H31N3O/c1-12-7-8-13(2)18(11-12)10-6-5-9-15(3,4)14(16)17-19/h12-13,19H,5-11H2,1-4H3,(H2,16,17). The zero-order valence-corrected chi connectivity index (χ0v) is 13.0. The Labute approximate surface area is 118 Å². The minimum atomic E-state index is -0.199. The van der Waals surface area contributed by atoms with Gasteiger partial charge in [-0.2, -0.15) is 0 Å². The van der Waals surface area contributed by atoms with E-state index >= 15 is 0 Å². The van der Waals surface area contributed by atoms with E-state index in [1.54, 1.807) is 0 Å². The quantitative estimate of drug-likeness (QED) is 0.256. The van der Waals surface area contributed by atoms with Crippen molar-refractivity contribution in [3.8, 4) is 0 Å². The summed E-state index contributed by atoms with van der Waals surface area (Å²) in [6, 6.07) is 0.730. The first-order valence-electron chi connectivity index (χ1n) is 7.59. The molecule has 2 unspecified atom stereocenters. The lowest BCUT2D eigenvalue weighted by molar-refractivity contribution is 0.122. The molecule has 0 radical (unpaired) electrons. The molecule has 0 aliphatic carbocycles. The van der Waals surface area contributed by atoms with E-state index < -0.39 is 0 Å². The predicted octanol–water partition coefficient (Wildman–Crippen LogP) is 3.05. The first-order valence-corrected chi connectivity index (χ1v) is 7.59. The molecule has 0 saturated carbocycles. The van der Waals surface area contributed by atoms with E-state index in [0.717, 1.165) is 24.8 Å². The van der Waals surface area contributed by atoms with Gasteiger partial charge in [-0.25, -0.2) is 0 Å². The summed E-state index contributed by atoms with van der Waals surface area (Å²) in [5.41, 5.74) is 5.51. The topological polar surface area (TPSA) is 61.8 Å². The lowest BCUT2D eigenvalue weighted by atomic mass is 9.86. The third-order valence-corrected chi connectivity index (χ3v) is 4.55. The molecule has 0 spiro atoms. The van der Waals surface area contributed by atoms with Crippen LogP contribution < -0.4 is 5.73 Å². The van der Waals surface area contributed by atoms with Crippen LogP contribution in [0.5, 0.6) is 0 Å². The van der Waals surface area contributed by atoms with Gasteiger partial charge in [0.05, 0.1) is 0 Å². The average Bonchev–Trinajstić information content (AvgIpc) is 2.37. The van der Waals surface area contributed by atoms with Crippen LogP contribution in [0, 0.1) is 11.3 Å². The number of unbranched alkanes of at least 4 members (excludes halogenated alkanes) is 1. The lowest BCUT2D eigenvalue weighted by Gasteiger charge is -2.37. The summed E-state index contributed by atoms with van der Waals surface area (Å²) in [5.74, 6) is 1.18. The van der Waals surface area contributed by atoms with Crippen molar-refractivity contribution in [3.05, 3.63) is 0 Å². The SMILES string of the molecule is CC1CCC(C)N(CCCCC(C)(C)C(N)=NO)C1. The Balaban J connectivity index is 2.27. The summed E-state index contributed by atoms with van der Waals surface area (Å²) < 4.78 is 0. The molecule has 2 atom stereocenters. The molecule has 1 aliphatic heterocycles. The Hall–Kier alpha value is -0.770. The van der Waals surface area contributed by atoms with E-state index in [1.165, 1.54) is 32.4 Å². The molecule has 0 aromatic carbocycles. The summed E-state index contributed by atoms with van der Waals surface area (Å²) in [6.07, 6.45) is 5.99. The van der Waals surface area contributed by atoms with Crippen molar-refractivity contribution in [1.82, 2.24) is 4.90 Å². The molecular formula is C15H31N3O. The molecule has 1 rings (SSSR count). The van der Waals surface area contributed by atoms with Gasteiger partial charge >= 0.3 is 0 Å². The number of likely N-dealkylation sites (tertiary alicyclic amines) is 1. The normalized spacial score (nSPS) is 26.6. The molecule has 4 heteroatoms. The van der Waals surface area contributed by atoms with E-state index in [4.69, 9.17) is 10.9 Å². The highest BCUT2D eigenvalue weighted by Gasteiger charge is 2.24. The second-order valence-corrected chi connectivity index (χ2v) is 6.85. The molecule has 0 bridgehead atoms. The molecule has 19 heavy (non-hydrogen) atoms. The highest BCUT2D eigenvalue weighted by atomic mass is 16.4. The van der Waals surface area contributed by atoms with Crippen LogP contribution in [0.3, 0.4) is 0 Å². The van der Waals surface area contributed by atoms with Gasteiger partial charge in [0.15, 0.2) is 0 Å². The second kappa shape index (κ2) is 7.13. The van der Waals surface area contributed by atoms with E-state index in [2.05, 4.69) is 23.9 Å². The maximum atomic E-state index is 8.75. The van der Waals surface area contributed by atoms with Crippen molar-refractivity contribution in [1.29, 1.82) is 0 Å². The number of nitrogens with two attached hydrogens (primary N) is 1. The monoisotopic (exact) mass is 269 g/mol. The molecular weight excluding hydrogens is 238 g/mol. The van der Waals surface area contributed by atoms with Gasteiger partial charge in [0, 0.05) is 18.0 Å². The van der Waals surface area contributed by atoms with Gasteiger partial charge in [0.2, 0.25) is 0 Å². The number of piperidine rings is 1. The van der Waals surface area contributed by atoms with E-state index in [-0.39, 0.29) is 5.41 Å². The molecule has 1 heterocycles. The van der Waals surface area contributed by atoms with Crippen molar-refractivity contribution >= 4 is 5.84 Å². The van der Waals surface area contributed by atoms with Gasteiger partial charge in [-0.05, 0) is 45.1 Å². The van der Waals surface area contributed by atoms with Crippen LogP contribution >= 0.6 is 0 Å². The Morgan fingerprint density at radius 1 is 1.32 bits per heavy atom. The van der Waals surface area contributed by atoms with Crippen LogP contribution in [-0.4, -0.2) is 35.1 Å². The number of oxime groups is 1. The highest BCUT2D eigenvalue weighted by Crippen LogP contribution is 2.25. The largest absolute Gasteiger partial charge is 0.409 e. The summed E-state index contributed by atoms with van der Waals surface area (Å²) in [6.45, 7) is 11.2. The highest BCUT2D eigenvalue weighted by molar-refractivity contribution is 5.85. The van der Waals surface area contributed by atoms with Crippen LogP contribution in [-0.2, 0) is 0 Å². The Bertz CT molecular complexity index is 302. The van der Waals surface area contributed by atoms with Crippen LogP contribution in [0.15, 0.2) is 5.16 Å². The lowest BCUT2D eigenvalue weighted by Crippen LogP contribution is -2.41. The van der Waals surface area contributed by atoms with Crippen molar-refractivity contribution in [2.45, 2.75) is 65.8 Å². The summed E-state index contributed by atoms with van der Waals surface area (Å²) in [4.78, 5) is 2.62. The van der Waals surface area contributed by atoms with Crippen molar-refractivity contribution in [2.24, 2.45) is 22.2 Å². The smallest absolute Gasteiger partial charge is 0.144 e. The zero-order valence-electron chi connectivity index (χ0n) is 13.0. The minimum absolute atomic E-state index is 0.199. The molecule has 1 fully saturated rings. The van der Waals surface area contributed by atoms with Crippen molar-refractivity contribution in [2.75, 3.05) is 13.1 Å². The van der Waals surface area contributed by atoms with Crippen molar-refractivity contribution in [3.63, 3.8) is 0 Å². The molecule has 3 N–H and O–H groups in total. The molecule has 4 nitrogen and oxygen atoms in total. The number of amidine groups is 1. The third kappa shape index (κ3) is 5.01. The van der Waals surface area contributed by atoms with Crippen LogP contribution in [0.25, 0.3) is 0 Å². The van der Waals surface area contributed by atoms with Gasteiger partial charge in [0.25, 0.3) is 0 Å². The maximum absolute atomic E-state index is 8.75. The fraction of sp³-hybridized carbons (Fsp3) is 0.933. The van der Waals surface area contributed by atoms with Gasteiger partial charge in [-0.1, -0.05) is 32.3 Å². The van der Waals surface area contributed by atoms with Gasteiger partial charge in [-0.15, -0.1) is 0 Å². The van der Waals surface area contributed by atoms with Gasteiger partial charge in [0.1, 0.15) is 5.84 Å². The second-order valence-electron chi connectivity index (χ2n) is 6.85. The third-order valence-electron chi connectivity index (χ3n) is 4.55. The van der Waals surface area contributed by atoms with Crippen LogP contribution in [0.2, 0.25) is 0 Å². The maximum Gasteiger partial charge on any atom is 0.144 e. The van der Waals surface area contributed by atoms with E-state index in [0.29, 0.717) is 5.84 Å². The van der Waals surface area contributed by atoms with Gasteiger partial charge in [-0.3, -0.25) is 0 Å². The number of hydrogen-bond acceptors (Lipinski definition) is 3. The number of rotatable bonds is 6. The summed E-state index contributed by atoms with van der Waals surface area (Å²) in [5, 5.41) is 11.9. The van der Waals surface area contributed by atoms with E-state index in [1.807, 2.05) is 13.8 Å². The number of nitrogens with zero attached hydrogens (tertiary/aromatic N) is 2. The Morgan fingerprint density at radius 3 is 2.63 bits per heavy atom. The van der Waals surface area contributed by atoms with Crippen molar-refractivity contribution < 1.29 is 5.21 Å².